The lowest BCUT2D eigenvalue weighted by atomic mass is 9.99. The van der Waals surface area contributed by atoms with Gasteiger partial charge in [-0.25, -0.2) is 4.98 Å². The average molecular weight is 454 g/mol. The molecule has 0 saturated carbocycles. The highest BCUT2D eigenvalue weighted by Crippen LogP contribution is 2.28. The third-order valence-corrected chi connectivity index (χ3v) is 5.49. The summed E-state index contributed by atoms with van der Waals surface area (Å²) in [6.07, 6.45) is 3.64. The molecular formula is C27H27N5O2. The lowest BCUT2D eigenvalue weighted by Crippen LogP contribution is -2.30. The van der Waals surface area contributed by atoms with Crippen molar-refractivity contribution in [3.05, 3.63) is 83.7 Å². The molecule has 0 bridgehead atoms. The highest BCUT2D eigenvalue weighted by atomic mass is 16.2. The van der Waals surface area contributed by atoms with Gasteiger partial charge in [-0.2, -0.15) is 0 Å². The summed E-state index contributed by atoms with van der Waals surface area (Å²) in [7, 11) is 0. The standard InChI is InChI=1S/C27H27N5O2/c1-16(2)31-27(34)23-13-19(15-30-26(23)28)21-10-9-20(12-17(21)3)32-25(33)14-18-6-4-8-24-22(18)7-5-11-29-24/h4-13,15-16H,14H2,1-3H3,(H2,28,30)(H,31,34)(H,32,33). The number of benzene rings is 2. The van der Waals surface area contributed by atoms with Crippen LogP contribution in [0.2, 0.25) is 0 Å². The van der Waals surface area contributed by atoms with Gasteiger partial charge in [-0.15, -0.1) is 0 Å². The van der Waals surface area contributed by atoms with Gasteiger partial charge in [-0.1, -0.05) is 24.3 Å². The number of nitrogens with zero attached hydrogens (tertiary/aromatic N) is 2. The largest absolute Gasteiger partial charge is 0.383 e. The van der Waals surface area contributed by atoms with E-state index in [1.165, 1.54) is 0 Å². The maximum absolute atomic E-state index is 12.7. The first kappa shape index (κ1) is 22.9. The van der Waals surface area contributed by atoms with Crippen molar-refractivity contribution in [2.24, 2.45) is 0 Å². The van der Waals surface area contributed by atoms with Crippen LogP contribution >= 0.6 is 0 Å². The van der Waals surface area contributed by atoms with E-state index >= 15 is 0 Å². The van der Waals surface area contributed by atoms with E-state index in [-0.39, 0.29) is 30.1 Å². The molecule has 0 atom stereocenters. The summed E-state index contributed by atoms with van der Waals surface area (Å²) in [6, 6.07) is 17.0. The molecule has 0 saturated heterocycles. The Bertz CT molecular complexity index is 1380. The number of nitrogens with one attached hydrogen (secondary N) is 2. The number of nitrogen functional groups attached to an aromatic ring is 1. The molecule has 0 aliphatic heterocycles. The highest BCUT2D eigenvalue weighted by Gasteiger charge is 2.15. The number of carbonyl (C=O) groups is 2. The number of amides is 2. The molecule has 4 rings (SSSR count). The average Bonchev–Trinajstić information content (AvgIpc) is 2.79. The van der Waals surface area contributed by atoms with Crippen molar-refractivity contribution in [3.63, 3.8) is 0 Å². The Hall–Kier alpha value is -4.26. The van der Waals surface area contributed by atoms with Gasteiger partial charge in [-0.05, 0) is 67.8 Å². The zero-order chi connectivity index (χ0) is 24.2. The Morgan fingerprint density at radius 2 is 1.85 bits per heavy atom. The predicted octanol–water partition coefficient (Wildman–Crippen LogP) is 4.51. The minimum atomic E-state index is -0.257. The van der Waals surface area contributed by atoms with Gasteiger partial charge in [0.25, 0.3) is 5.91 Å². The van der Waals surface area contributed by atoms with E-state index in [1.807, 2.05) is 69.3 Å². The molecule has 0 radical (unpaired) electrons. The molecule has 172 valence electrons. The van der Waals surface area contributed by atoms with Crippen molar-refractivity contribution >= 4 is 34.2 Å². The highest BCUT2D eigenvalue weighted by molar-refractivity contribution is 6.00. The van der Waals surface area contributed by atoms with Crippen molar-refractivity contribution in [2.75, 3.05) is 11.1 Å². The molecule has 2 aromatic carbocycles. The molecule has 34 heavy (non-hydrogen) atoms. The number of aryl methyl sites for hydroxylation is 1. The van der Waals surface area contributed by atoms with E-state index in [2.05, 4.69) is 20.6 Å². The van der Waals surface area contributed by atoms with Gasteiger partial charge in [0.1, 0.15) is 5.82 Å². The zero-order valence-electron chi connectivity index (χ0n) is 19.4. The van der Waals surface area contributed by atoms with Crippen LogP contribution in [0.1, 0.15) is 35.3 Å². The Morgan fingerprint density at radius 1 is 1.03 bits per heavy atom. The van der Waals surface area contributed by atoms with Crippen LogP contribution in [0, 0.1) is 6.92 Å². The van der Waals surface area contributed by atoms with Crippen LogP contribution in [0.3, 0.4) is 0 Å². The molecule has 7 nitrogen and oxygen atoms in total. The van der Waals surface area contributed by atoms with Crippen LogP contribution < -0.4 is 16.4 Å². The minimum absolute atomic E-state index is 0.00896. The number of pyridine rings is 2. The normalized spacial score (nSPS) is 10.9. The molecule has 7 heteroatoms. The second-order valence-corrected chi connectivity index (χ2v) is 8.53. The van der Waals surface area contributed by atoms with Crippen LogP contribution in [0.4, 0.5) is 11.5 Å². The fraction of sp³-hybridized carbons (Fsp3) is 0.185. The lowest BCUT2D eigenvalue weighted by Gasteiger charge is -2.13. The number of aromatic nitrogens is 2. The van der Waals surface area contributed by atoms with Gasteiger partial charge in [0.15, 0.2) is 0 Å². The Kier molecular flexibility index (Phi) is 6.54. The van der Waals surface area contributed by atoms with E-state index < -0.39 is 0 Å². The minimum Gasteiger partial charge on any atom is -0.383 e. The van der Waals surface area contributed by atoms with Gasteiger partial charge >= 0.3 is 0 Å². The number of nitrogens with two attached hydrogens (primary N) is 1. The third-order valence-electron chi connectivity index (χ3n) is 5.49. The van der Waals surface area contributed by atoms with Crippen molar-refractivity contribution in [3.8, 4) is 11.1 Å². The quantitative estimate of drug-likeness (QED) is 0.398. The summed E-state index contributed by atoms with van der Waals surface area (Å²) in [5.41, 5.74) is 11.4. The van der Waals surface area contributed by atoms with Crippen molar-refractivity contribution in [2.45, 2.75) is 33.2 Å². The predicted molar refractivity (Wildman–Crippen MR) is 136 cm³/mol. The topological polar surface area (TPSA) is 110 Å². The smallest absolute Gasteiger partial charge is 0.255 e. The monoisotopic (exact) mass is 453 g/mol. The van der Waals surface area contributed by atoms with E-state index in [1.54, 1.807) is 18.5 Å². The molecule has 0 aliphatic rings. The first-order valence-corrected chi connectivity index (χ1v) is 11.1. The van der Waals surface area contributed by atoms with Gasteiger partial charge in [0.05, 0.1) is 17.5 Å². The van der Waals surface area contributed by atoms with E-state index in [9.17, 15) is 9.59 Å². The summed E-state index contributed by atoms with van der Waals surface area (Å²) in [6.45, 7) is 5.73. The SMILES string of the molecule is Cc1cc(NC(=O)Cc2cccc3ncccc23)ccc1-c1cnc(N)c(C(=O)NC(C)C)c1. The first-order chi connectivity index (χ1) is 16.3. The second kappa shape index (κ2) is 9.70. The second-order valence-electron chi connectivity index (χ2n) is 8.53. The summed E-state index contributed by atoms with van der Waals surface area (Å²) in [4.78, 5) is 33.8. The van der Waals surface area contributed by atoms with E-state index in [0.29, 0.717) is 11.3 Å². The maximum Gasteiger partial charge on any atom is 0.255 e. The van der Waals surface area contributed by atoms with Crippen LogP contribution in [0.5, 0.6) is 0 Å². The number of rotatable bonds is 6. The van der Waals surface area contributed by atoms with E-state index in [4.69, 9.17) is 5.73 Å². The van der Waals surface area contributed by atoms with E-state index in [0.717, 1.165) is 33.2 Å². The fourth-order valence-corrected chi connectivity index (χ4v) is 3.91. The summed E-state index contributed by atoms with van der Waals surface area (Å²) in [5, 5.41) is 6.79. The first-order valence-electron chi connectivity index (χ1n) is 11.1. The van der Waals surface area contributed by atoms with Gasteiger partial charge in [0, 0.05) is 35.1 Å². The molecule has 4 aromatic rings. The third kappa shape index (κ3) is 5.04. The number of hydrogen-bond acceptors (Lipinski definition) is 5. The Labute approximate surface area is 198 Å². The Morgan fingerprint density at radius 3 is 2.62 bits per heavy atom. The van der Waals surface area contributed by atoms with Crippen molar-refractivity contribution < 1.29 is 9.59 Å². The molecule has 2 aromatic heterocycles. The number of fused-ring (bicyclic) bond motifs is 1. The molecule has 2 amide bonds. The summed E-state index contributed by atoms with van der Waals surface area (Å²) in [5.74, 6) is -0.176. The number of anilines is 2. The van der Waals surface area contributed by atoms with Gasteiger partial charge < -0.3 is 16.4 Å². The van der Waals surface area contributed by atoms with Crippen molar-refractivity contribution in [1.82, 2.24) is 15.3 Å². The van der Waals surface area contributed by atoms with Crippen LogP contribution in [0.25, 0.3) is 22.0 Å². The van der Waals surface area contributed by atoms with Crippen LogP contribution in [0.15, 0.2) is 67.0 Å². The summed E-state index contributed by atoms with van der Waals surface area (Å²) < 4.78 is 0. The van der Waals surface area contributed by atoms with Gasteiger partial charge in [0.2, 0.25) is 5.91 Å². The molecule has 0 fully saturated rings. The number of carbonyl (C=O) groups excluding carboxylic acids is 2. The molecule has 0 aliphatic carbocycles. The molecule has 0 spiro atoms. The molecule has 4 N–H and O–H groups in total. The van der Waals surface area contributed by atoms with Crippen molar-refractivity contribution in [1.29, 1.82) is 0 Å². The molecule has 2 heterocycles. The molecule has 0 unspecified atom stereocenters. The number of hydrogen-bond donors (Lipinski definition) is 3. The maximum atomic E-state index is 12.7. The van der Waals surface area contributed by atoms with Crippen LogP contribution in [-0.4, -0.2) is 27.8 Å². The Balaban J connectivity index is 1.52. The lowest BCUT2D eigenvalue weighted by molar-refractivity contribution is -0.115. The van der Waals surface area contributed by atoms with Gasteiger partial charge in [-0.3, -0.25) is 14.6 Å². The van der Waals surface area contributed by atoms with Crippen LogP contribution in [-0.2, 0) is 11.2 Å². The zero-order valence-corrected chi connectivity index (χ0v) is 19.4. The fourth-order valence-electron chi connectivity index (χ4n) is 3.91. The summed E-state index contributed by atoms with van der Waals surface area (Å²) >= 11 is 0. The molecular weight excluding hydrogens is 426 g/mol.